The minimum absolute atomic E-state index is 0.0313. The number of carbonyl (C=O) groups is 3. The molecule has 3 amide bonds. The molecule has 0 radical (unpaired) electrons. The van der Waals surface area contributed by atoms with Crippen molar-refractivity contribution in [3.05, 3.63) is 63.1 Å². The van der Waals surface area contributed by atoms with E-state index in [1.165, 1.54) is 29.0 Å². The maximum absolute atomic E-state index is 13.4. The number of methoxy groups -OCH3 is 1. The highest BCUT2D eigenvalue weighted by Gasteiger charge is 2.31. The number of carbonyl (C=O) groups excluding carboxylic acids is 3. The molecular weight excluding hydrogens is 645 g/mol. The van der Waals surface area contributed by atoms with Gasteiger partial charge in [0.15, 0.2) is 0 Å². The van der Waals surface area contributed by atoms with E-state index in [1.807, 2.05) is 24.3 Å². The van der Waals surface area contributed by atoms with Crippen LogP contribution in [0.2, 0.25) is 10.0 Å². The Balaban J connectivity index is 1.58. The minimum atomic E-state index is -4.19. The molecule has 3 rings (SSSR count). The number of hydrogen-bond donors (Lipinski definition) is 1. The summed E-state index contributed by atoms with van der Waals surface area (Å²) in [7, 11) is -1.19. The lowest BCUT2D eigenvalue weighted by Crippen LogP contribution is -2.45. The number of halogens is 2. The van der Waals surface area contributed by atoms with E-state index in [-0.39, 0.29) is 42.1 Å². The smallest absolute Gasteiger partial charge is 0.416 e. The number of amidine groups is 1. The SMILES string of the molecule is COCCN(CC(=O)NCC(=O)N(C)Cc1ccc(C2=NCCN2C(=O)OC(C)(C)C)cc1)S(=O)(=O)c1ccc(Cl)c(C)c1Cl. The molecule has 246 valence electrons. The Bertz CT molecular complexity index is 1540. The Morgan fingerprint density at radius 3 is 2.38 bits per heavy atom. The van der Waals surface area contributed by atoms with E-state index in [4.69, 9.17) is 32.7 Å². The summed E-state index contributed by atoms with van der Waals surface area (Å²) < 4.78 is 38.2. The van der Waals surface area contributed by atoms with Crippen LogP contribution in [0, 0.1) is 6.92 Å². The van der Waals surface area contributed by atoms with Crippen molar-refractivity contribution in [1.29, 1.82) is 0 Å². The summed E-state index contributed by atoms with van der Waals surface area (Å²) >= 11 is 12.3. The van der Waals surface area contributed by atoms with Crippen molar-refractivity contribution in [2.45, 2.75) is 44.7 Å². The lowest BCUT2D eigenvalue weighted by atomic mass is 10.1. The number of ether oxygens (including phenoxy) is 2. The first-order valence-corrected chi connectivity index (χ1v) is 16.3. The van der Waals surface area contributed by atoms with Gasteiger partial charge in [0.1, 0.15) is 16.3 Å². The van der Waals surface area contributed by atoms with Gasteiger partial charge in [0, 0.05) is 37.8 Å². The molecule has 45 heavy (non-hydrogen) atoms. The zero-order chi connectivity index (χ0) is 33.5. The van der Waals surface area contributed by atoms with Crippen LogP contribution in [-0.2, 0) is 35.6 Å². The summed E-state index contributed by atoms with van der Waals surface area (Å²) in [5.74, 6) is -0.529. The summed E-state index contributed by atoms with van der Waals surface area (Å²) in [6.07, 6.45) is -0.460. The van der Waals surface area contributed by atoms with Crippen molar-refractivity contribution in [2.24, 2.45) is 4.99 Å². The fourth-order valence-corrected chi connectivity index (χ4v) is 6.45. The molecule has 2 aromatic carbocycles. The molecule has 0 atom stereocenters. The first-order chi connectivity index (χ1) is 21.0. The van der Waals surface area contributed by atoms with Gasteiger partial charge >= 0.3 is 6.09 Å². The van der Waals surface area contributed by atoms with Gasteiger partial charge in [0.05, 0.1) is 37.8 Å². The van der Waals surface area contributed by atoms with Crippen LogP contribution in [0.5, 0.6) is 0 Å². The Kier molecular flexibility index (Phi) is 12.4. The number of aliphatic imine (C=N–C) groups is 1. The van der Waals surface area contributed by atoms with E-state index < -0.39 is 34.2 Å². The van der Waals surface area contributed by atoms with Crippen LogP contribution >= 0.6 is 23.2 Å². The maximum atomic E-state index is 13.4. The fraction of sp³-hybridized carbons (Fsp3) is 0.467. The van der Waals surface area contributed by atoms with Gasteiger partial charge in [0.25, 0.3) is 0 Å². The number of hydrogen-bond acceptors (Lipinski definition) is 8. The zero-order valence-corrected chi connectivity index (χ0v) is 28.6. The minimum Gasteiger partial charge on any atom is -0.443 e. The first kappa shape index (κ1) is 36.2. The predicted molar refractivity (Wildman–Crippen MR) is 172 cm³/mol. The van der Waals surface area contributed by atoms with Gasteiger partial charge in [-0.1, -0.05) is 47.5 Å². The molecule has 0 saturated carbocycles. The third-order valence-corrected chi connectivity index (χ3v) is 9.61. The number of sulfonamides is 1. The van der Waals surface area contributed by atoms with E-state index in [2.05, 4.69) is 10.3 Å². The first-order valence-electron chi connectivity index (χ1n) is 14.1. The molecule has 0 aromatic heterocycles. The zero-order valence-electron chi connectivity index (χ0n) is 26.2. The normalized spacial score (nSPS) is 13.5. The lowest BCUT2D eigenvalue weighted by molar-refractivity contribution is -0.132. The average molecular weight is 685 g/mol. The summed E-state index contributed by atoms with van der Waals surface area (Å²) in [6.45, 7) is 7.19. The predicted octanol–water partition coefficient (Wildman–Crippen LogP) is 3.71. The van der Waals surface area contributed by atoms with Crippen LogP contribution in [0.25, 0.3) is 0 Å². The molecular formula is C30H39Cl2N5O7S. The molecule has 0 saturated heterocycles. The second-order valence-electron chi connectivity index (χ2n) is 11.4. The van der Waals surface area contributed by atoms with Gasteiger partial charge < -0.3 is 19.7 Å². The molecule has 1 N–H and O–H groups in total. The molecule has 0 spiro atoms. The molecule has 1 aliphatic rings. The van der Waals surface area contributed by atoms with Gasteiger partial charge in [-0.25, -0.2) is 13.2 Å². The Labute approximate surface area is 274 Å². The average Bonchev–Trinajstić information content (AvgIpc) is 3.46. The lowest BCUT2D eigenvalue weighted by Gasteiger charge is -2.25. The fourth-order valence-electron chi connectivity index (χ4n) is 4.29. The highest BCUT2D eigenvalue weighted by Crippen LogP contribution is 2.32. The van der Waals surface area contributed by atoms with Gasteiger partial charge in [-0.15, -0.1) is 0 Å². The topological polar surface area (TPSA) is 138 Å². The summed E-state index contributed by atoms with van der Waals surface area (Å²) in [5.41, 5.74) is 1.33. The molecule has 2 aromatic rings. The summed E-state index contributed by atoms with van der Waals surface area (Å²) in [4.78, 5) is 45.4. The van der Waals surface area contributed by atoms with Crippen LogP contribution in [-0.4, -0.2) is 105 Å². The number of likely N-dealkylation sites (N-methyl/N-ethyl adjacent to an activating group) is 1. The molecule has 0 fully saturated rings. The van der Waals surface area contributed by atoms with Gasteiger partial charge in [-0.2, -0.15) is 4.31 Å². The Hall–Kier alpha value is -3.23. The third-order valence-electron chi connectivity index (χ3n) is 6.72. The molecule has 15 heteroatoms. The quantitative estimate of drug-likeness (QED) is 0.360. The van der Waals surface area contributed by atoms with E-state index in [0.29, 0.717) is 29.5 Å². The third kappa shape index (κ3) is 9.63. The number of nitrogens with zero attached hydrogens (tertiary/aromatic N) is 4. The molecule has 12 nitrogen and oxygen atoms in total. The van der Waals surface area contributed by atoms with Crippen LogP contribution < -0.4 is 5.32 Å². The van der Waals surface area contributed by atoms with Crippen molar-refractivity contribution in [1.82, 2.24) is 19.4 Å². The molecule has 0 aliphatic carbocycles. The van der Waals surface area contributed by atoms with Crippen molar-refractivity contribution >= 4 is 57.0 Å². The van der Waals surface area contributed by atoms with Gasteiger partial charge in [-0.3, -0.25) is 19.5 Å². The van der Waals surface area contributed by atoms with Crippen molar-refractivity contribution in [3.63, 3.8) is 0 Å². The molecule has 1 aliphatic heterocycles. The van der Waals surface area contributed by atoms with E-state index in [9.17, 15) is 22.8 Å². The van der Waals surface area contributed by atoms with Crippen LogP contribution in [0.3, 0.4) is 0 Å². The van der Waals surface area contributed by atoms with Crippen molar-refractivity contribution in [3.8, 4) is 0 Å². The Morgan fingerprint density at radius 1 is 1.09 bits per heavy atom. The molecule has 1 heterocycles. The second kappa shape index (κ2) is 15.4. The highest BCUT2D eigenvalue weighted by molar-refractivity contribution is 7.89. The largest absolute Gasteiger partial charge is 0.443 e. The second-order valence-corrected chi connectivity index (χ2v) is 14.1. The number of amides is 3. The van der Waals surface area contributed by atoms with Crippen LogP contribution in [0.1, 0.15) is 37.5 Å². The Morgan fingerprint density at radius 2 is 1.76 bits per heavy atom. The summed E-state index contributed by atoms with van der Waals surface area (Å²) in [5, 5.41) is 2.77. The number of benzene rings is 2. The molecule has 0 unspecified atom stereocenters. The standard InChI is InChI=1S/C30H39Cl2N5O7S/c1-20-23(31)11-12-24(27(20)32)45(41,42)36(15-16-43-6)19-25(38)34-17-26(39)35(5)18-21-7-9-22(10-8-21)28-33-13-14-37(28)29(40)44-30(2,3)4/h7-12H,13-19H2,1-6H3,(H,34,38). The number of rotatable bonds is 12. The van der Waals surface area contributed by atoms with Gasteiger partial charge in [0.2, 0.25) is 21.8 Å². The van der Waals surface area contributed by atoms with E-state index in [1.54, 1.807) is 34.7 Å². The van der Waals surface area contributed by atoms with Gasteiger partial charge in [-0.05, 0) is 51.0 Å². The van der Waals surface area contributed by atoms with E-state index in [0.717, 1.165) is 15.4 Å². The monoisotopic (exact) mass is 683 g/mol. The highest BCUT2D eigenvalue weighted by atomic mass is 35.5. The van der Waals surface area contributed by atoms with Crippen molar-refractivity contribution < 1.29 is 32.3 Å². The van der Waals surface area contributed by atoms with Crippen molar-refractivity contribution in [2.75, 3.05) is 53.5 Å². The number of nitrogens with one attached hydrogen (secondary N) is 1. The molecule has 0 bridgehead atoms. The van der Waals surface area contributed by atoms with Crippen LogP contribution in [0.15, 0.2) is 46.3 Å². The summed E-state index contributed by atoms with van der Waals surface area (Å²) in [6, 6.07) is 10.0. The maximum Gasteiger partial charge on any atom is 0.416 e. The van der Waals surface area contributed by atoms with Crippen LogP contribution in [0.4, 0.5) is 4.79 Å². The van der Waals surface area contributed by atoms with E-state index >= 15 is 0 Å².